The molecule has 1 fully saturated rings. The Kier molecular flexibility index (Phi) is 1.58. The smallest absolute Gasteiger partial charge is 0.130 e. The molecule has 0 aromatic carbocycles. The minimum atomic E-state index is -1.37. The first-order valence-electron chi connectivity index (χ1n) is 4.04. The fraction of sp³-hybridized carbons (Fsp3) is 0.556. The van der Waals surface area contributed by atoms with Gasteiger partial charge in [-0.15, -0.1) is 0 Å². The van der Waals surface area contributed by atoms with Crippen molar-refractivity contribution in [3.8, 4) is 0 Å². The van der Waals surface area contributed by atoms with Crippen molar-refractivity contribution in [2.24, 2.45) is 5.92 Å². The van der Waals surface area contributed by atoms with Gasteiger partial charge in [-0.05, 0) is 25.0 Å². The second kappa shape index (κ2) is 2.39. The van der Waals surface area contributed by atoms with Crippen LogP contribution in [0.15, 0.2) is 24.1 Å². The molecule has 0 aromatic rings. The van der Waals surface area contributed by atoms with Crippen LogP contribution in [0.3, 0.4) is 0 Å². The molecule has 66 valence electrons. The third kappa shape index (κ3) is 1.18. The third-order valence-corrected chi connectivity index (χ3v) is 2.51. The van der Waals surface area contributed by atoms with Gasteiger partial charge in [0.1, 0.15) is 12.0 Å². The molecule has 0 spiro atoms. The summed E-state index contributed by atoms with van der Waals surface area (Å²) in [6.07, 6.45) is 3.43. The normalized spacial score (nSPS) is 37.8. The standard InChI is InChI=1S/C9H10F2O/c10-6-1-2-7(8(11)5-6)9(12)3-4-9/h1-2,5,7-8,12H,3-4H2. The Bertz CT molecular complexity index is 253. The van der Waals surface area contributed by atoms with E-state index in [1.165, 1.54) is 12.2 Å². The Hall–Kier alpha value is -0.700. The first-order valence-corrected chi connectivity index (χ1v) is 4.04. The van der Waals surface area contributed by atoms with Gasteiger partial charge in [-0.25, -0.2) is 8.78 Å². The van der Waals surface area contributed by atoms with E-state index in [1.807, 2.05) is 0 Å². The minimum absolute atomic E-state index is 0.544. The van der Waals surface area contributed by atoms with Crippen LogP contribution in [0, 0.1) is 5.92 Å². The highest BCUT2D eigenvalue weighted by atomic mass is 19.1. The van der Waals surface area contributed by atoms with Crippen LogP contribution in [0.1, 0.15) is 12.8 Å². The van der Waals surface area contributed by atoms with E-state index < -0.39 is 23.5 Å². The molecule has 2 unspecified atom stereocenters. The van der Waals surface area contributed by atoms with Crippen LogP contribution in [-0.2, 0) is 0 Å². The fourth-order valence-electron chi connectivity index (χ4n) is 1.55. The van der Waals surface area contributed by atoms with Crippen molar-refractivity contribution in [3.63, 3.8) is 0 Å². The predicted octanol–water partition coefficient (Wildman–Crippen LogP) is 1.89. The Labute approximate surface area is 69.4 Å². The summed E-state index contributed by atoms with van der Waals surface area (Å²) in [7, 11) is 0. The van der Waals surface area contributed by atoms with Gasteiger partial charge in [-0.1, -0.05) is 6.08 Å². The van der Waals surface area contributed by atoms with Gasteiger partial charge >= 0.3 is 0 Å². The third-order valence-electron chi connectivity index (χ3n) is 2.51. The highest BCUT2D eigenvalue weighted by Gasteiger charge is 2.50. The quantitative estimate of drug-likeness (QED) is 0.640. The molecule has 0 aliphatic heterocycles. The lowest BCUT2D eigenvalue weighted by Gasteiger charge is -2.22. The van der Waals surface area contributed by atoms with Crippen LogP contribution < -0.4 is 0 Å². The van der Waals surface area contributed by atoms with E-state index >= 15 is 0 Å². The molecular formula is C9H10F2O. The Morgan fingerprint density at radius 2 is 2.17 bits per heavy atom. The molecule has 0 amide bonds. The molecule has 0 radical (unpaired) electrons. The number of hydrogen-bond acceptors (Lipinski definition) is 1. The van der Waals surface area contributed by atoms with Gasteiger partial charge in [0.25, 0.3) is 0 Å². The van der Waals surface area contributed by atoms with E-state index in [2.05, 4.69) is 0 Å². The van der Waals surface area contributed by atoms with E-state index in [0.717, 1.165) is 6.08 Å². The monoisotopic (exact) mass is 172 g/mol. The molecule has 1 N–H and O–H groups in total. The van der Waals surface area contributed by atoms with Gasteiger partial charge in [-0.3, -0.25) is 0 Å². The summed E-state index contributed by atoms with van der Waals surface area (Å²) in [6, 6.07) is 0. The van der Waals surface area contributed by atoms with Gasteiger partial charge in [0, 0.05) is 5.92 Å². The number of halogens is 2. The molecule has 3 heteroatoms. The van der Waals surface area contributed by atoms with Crippen molar-refractivity contribution in [1.29, 1.82) is 0 Å². The summed E-state index contributed by atoms with van der Waals surface area (Å²) in [6.45, 7) is 0. The van der Waals surface area contributed by atoms with Crippen LogP contribution in [0.4, 0.5) is 8.78 Å². The van der Waals surface area contributed by atoms with E-state index in [-0.39, 0.29) is 0 Å². The van der Waals surface area contributed by atoms with Crippen LogP contribution in [0.2, 0.25) is 0 Å². The van der Waals surface area contributed by atoms with E-state index in [9.17, 15) is 13.9 Å². The van der Waals surface area contributed by atoms with E-state index in [4.69, 9.17) is 0 Å². The molecule has 1 saturated carbocycles. The molecular weight excluding hydrogens is 162 g/mol. The predicted molar refractivity (Wildman–Crippen MR) is 40.9 cm³/mol. The fourth-order valence-corrected chi connectivity index (χ4v) is 1.55. The van der Waals surface area contributed by atoms with Crippen molar-refractivity contribution in [2.45, 2.75) is 24.6 Å². The average molecular weight is 172 g/mol. The maximum atomic E-state index is 13.1. The van der Waals surface area contributed by atoms with Crippen molar-refractivity contribution < 1.29 is 13.9 Å². The minimum Gasteiger partial charge on any atom is -0.389 e. The van der Waals surface area contributed by atoms with Crippen LogP contribution >= 0.6 is 0 Å². The summed E-state index contributed by atoms with van der Waals surface area (Å²) in [5.74, 6) is -1.10. The van der Waals surface area contributed by atoms with Crippen molar-refractivity contribution >= 4 is 0 Å². The molecule has 0 saturated heterocycles. The number of alkyl halides is 1. The van der Waals surface area contributed by atoms with Gasteiger partial charge in [-0.2, -0.15) is 0 Å². The largest absolute Gasteiger partial charge is 0.389 e. The lowest BCUT2D eigenvalue weighted by atomic mass is 9.91. The Morgan fingerprint density at radius 3 is 2.67 bits per heavy atom. The maximum absolute atomic E-state index is 13.1. The topological polar surface area (TPSA) is 20.2 Å². The number of hydrogen-bond donors (Lipinski definition) is 1. The molecule has 2 aliphatic rings. The van der Waals surface area contributed by atoms with Gasteiger partial charge in [0.15, 0.2) is 0 Å². The summed E-state index contributed by atoms with van der Waals surface area (Å²) < 4.78 is 25.6. The summed E-state index contributed by atoms with van der Waals surface area (Å²) >= 11 is 0. The van der Waals surface area contributed by atoms with E-state index in [0.29, 0.717) is 12.8 Å². The number of rotatable bonds is 1. The molecule has 0 bridgehead atoms. The Balaban J connectivity index is 2.15. The number of allylic oxidation sites excluding steroid dienone is 3. The van der Waals surface area contributed by atoms with Crippen molar-refractivity contribution in [2.75, 3.05) is 0 Å². The SMILES string of the molecule is OC1(C2C=CC(F)=CC2F)CC1. The second-order valence-electron chi connectivity index (χ2n) is 3.48. The Morgan fingerprint density at radius 1 is 1.50 bits per heavy atom. The van der Waals surface area contributed by atoms with Crippen molar-refractivity contribution in [3.05, 3.63) is 24.1 Å². The summed E-state index contributed by atoms with van der Waals surface area (Å²) in [5.41, 5.74) is -0.896. The van der Waals surface area contributed by atoms with Gasteiger partial charge < -0.3 is 5.11 Å². The van der Waals surface area contributed by atoms with Crippen LogP contribution in [0.5, 0.6) is 0 Å². The maximum Gasteiger partial charge on any atom is 0.130 e. The molecule has 2 atom stereocenters. The van der Waals surface area contributed by atoms with Crippen LogP contribution in [0.25, 0.3) is 0 Å². The summed E-state index contributed by atoms with van der Waals surface area (Å²) in [4.78, 5) is 0. The van der Waals surface area contributed by atoms with Gasteiger partial charge in [0.2, 0.25) is 0 Å². The highest BCUT2D eigenvalue weighted by molar-refractivity contribution is 5.25. The average Bonchev–Trinajstić information content (AvgIpc) is 2.68. The second-order valence-corrected chi connectivity index (χ2v) is 3.48. The zero-order valence-electron chi connectivity index (χ0n) is 6.50. The number of aliphatic hydroxyl groups is 1. The van der Waals surface area contributed by atoms with Crippen molar-refractivity contribution in [1.82, 2.24) is 0 Å². The van der Waals surface area contributed by atoms with Gasteiger partial charge in [0.05, 0.1) is 5.60 Å². The molecule has 2 rings (SSSR count). The molecule has 12 heavy (non-hydrogen) atoms. The first-order chi connectivity index (χ1) is 5.62. The molecule has 1 nitrogen and oxygen atoms in total. The molecule has 0 aromatic heterocycles. The molecule has 2 aliphatic carbocycles. The zero-order chi connectivity index (χ0) is 8.77. The first kappa shape index (κ1) is 7.92. The highest BCUT2D eigenvalue weighted by Crippen LogP contribution is 2.46. The van der Waals surface area contributed by atoms with E-state index in [1.54, 1.807) is 0 Å². The zero-order valence-corrected chi connectivity index (χ0v) is 6.50. The summed E-state index contributed by atoms with van der Waals surface area (Å²) in [5, 5.41) is 9.57. The lowest BCUT2D eigenvalue weighted by Crippen LogP contribution is -2.29. The lowest BCUT2D eigenvalue weighted by molar-refractivity contribution is 0.0710. The van der Waals surface area contributed by atoms with Crippen LogP contribution in [-0.4, -0.2) is 16.9 Å². The molecule has 0 heterocycles.